The smallest absolute Gasteiger partial charge is 0.339 e. The van der Waals surface area contributed by atoms with Gasteiger partial charge >= 0.3 is 5.97 Å². The van der Waals surface area contributed by atoms with Crippen LogP contribution in [0.25, 0.3) is 0 Å². The number of nitrogens with one attached hydrogen (secondary N) is 1. The van der Waals surface area contributed by atoms with Crippen molar-refractivity contribution in [1.82, 2.24) is 4.90 Å². The maximum absolute atomic E-state index is 12.6. The van der Waals surface area contributed by atoms with Gasteiger partial charge in [-0.2, -0.15) is 0 Å². The van der Waals surface area contributed by atoms with Gasteiger partial charge in [0.2, 0.25) is 0 Å². The van der Waals surface area contributed by atoms with Crippen LogP contribution < -0.4 is 5.73 Å². The first-order chi connectivity index (χ1) is 15.6. The van der Waals surface area contributed by atoms with E-state index >= 15 is 0 Å². The quantitative estimate of drug-likeness (QED) is 0.216. The van der Waals surface area contributed by atoms with Crippen LogP contribution in [-0.4, -0.2) is 61.6 Å². The molecule has 8 heteroatoms. The number of hydrogen-bond acceptors (Lipinski definition) is 7. The van der Waals surface area contributed by atoms with Gasteiger partial charge in [-0.1, -0.05) is 12.1 Å². The van der Waals surface area contributed by atoms with Gasteiger partial charge in [0.15, 0.2) is 0 Å². The van der Waals surface area contributed by atoms with Crippen LogP contribution in [0, 0.1) is 11.3 Å². The van der Waals surface area contributed by atoms with Crippen LogP contribution in [0.15, 0.2) is 63.7 Å². The van der Waals surface area contributed by atoms with Crippen molar-refractivity contribution in [3.8, 4) is 0 Å². The molecule has 32 heavy (non-hydrogen) atoms. The zero-order valence-electron chi connectivity index (χ0n) is 18.1. The Morgan fingerprint density at radius 2 is 2.09 bits per heavy atom. The normalized spacial score (nSPS) is 21.6. The summed E-state index contributed by atoms with van der Waals surface area (Å²) in [6, 6.07) is 5.48. The molecule has 7 nitrogen and oxygen atoms in total. The van der Waals surface area contributed by atoms with Crippen LogP contribution in [0.2, 0.25) is 0 Å². The Morgan fingerprint density at radius 1 is 1.28 bits per heavy atom. The number of dihydropyridines is 1. The van der Waals surface area contributed by atoms with Gasteiger partial charge in [-0.3, -0.25) is 10.4 Å². The van der Waals surface area contributed by atoms with Gasteiger partial charge in [0.25, 0.3) is 0 Å². The zero-order chi connectivity index (χ0) is 22.5. The summed E-state index contributed by atoms with van der Waals surface area (Å²) >= 11 is 1.48. The summed E-state index contributed by atoms with van der Waals surface area (Å²) in [6.07, 6.45) is 13.3. The molecule has 2 aliphatic heterocycles. The summed E-state index contributed by atoms with van der Waals surface area (Å²) in [5, 5.41) is 8.43. The molecule has 2 unspecified atom stereocenters. The second-order valence-corrected chi connectivity index (χ2v) is 8.67. The molecule has 0 aromatic heterocycles. The number of likely N-dealkylation sites (tertiary alicyclic amines) is 1. The molecule has 1 saturated heterocycles. The second-order valence-electron chi connectivity index (χ2n) is 7.83. The summed E-state index contributed by atoms with van der Waals surface area (Å²) < 4.78 is 11.2. The van der Waals surface area contributed by atoms with Gasteiger partial charge in [-0.05, 0) is 55.0 Å². The first-order valence-corrected chi connectivity index (χ1v) is 12.0. The standard InChI is InChI=1S/C24H28N4O3S/c1-32-21-14-17(23(26)28-10-2-3-11-28)5-7-19(21)24(29)31-13-12-30-18-6-4-16-8-9-27-22(25)20(16)15-18/h4-9,14-15,20,22,26H,2-3,10-13,25H2,1H3. The van der Waals surface area contributed by atoms with E-state index in [1.54, 1.807) is 12.3 Å². The number of allylic oxidation sites excluding steroid dienone is 3. The fourth-order valence-electron chi connectivity index (χ4n) is 4.00. The number of hydrogen-bond donors (Lipinski definition) is 2. The number of amidine groups is 1. The van der Waals surface area contributed by atoms with Gasteiger partial charge in [0.05, 0.1) is 5.56 Å². The van der Waals surface area contributed by atoms with E-state index < -0.39 is 0 Å². The number of nitrogens with zero attached hydrogens (tertiary/aromatic N) is 2. The van der Waals surface area contributed by atoms with E-state index in [9.17, 15) is 4.79 Å². The number of ether oxygens (including phenoxy) is 2. The number of fused-ring (bicyclic) bond motifs is 1. The van der Waals surface area contributed by atoms with Gasteiger partial charge in [-0.15, -0.1) is 11.8 Å². The average molecular weight is 453 g/mol. The molecule has 168 valence electrons. The minimum Gasteiger partial charge on any atom is -0.490 e. The molecule has 1 aromatic carbocycles. The second kappa shape index (κ2) is 10.2. The Balaban J connectivity index is 1.30. The molecule has 1 aliphatic carbocycles. The van der Waals surface area contributed by atoms with Crippen LogP contribution in [0.1, 0.15) is 28.8 Å². The number of rotatable bonds is 7. The number of esters is 1. The van der Waals surface area contributed by atoms with Crippen molar-refractivity contribution in [2.24, 2.45) is 16.6 Å². The van der Waals surface area contributed by atoms with E-state index in [0.29, 0.717) is 17.2 Å². The fraction of sp³-hybridized carbons (Fsp3) is 0.375. The number of benzene rings is 1. The average Bonchev–Trinajstić information content (AvgIpc) is 3.36. The van der Waals surface area contributed by atoms with Gasteiger partial charge in [-0.25, -0.2) is 4.79 Å². The monoisotopic (exact) mass is 452 g/mol. The SMILES string of the molecule is CSc1cc(C(=N)N2CCCC2)ccc1C(=O)OCCOC1=CC2C(=CC=NC2N)C=C1. The lowest BCUT2D eigenvalue weighted by Crippen LogP contribution is -2.31. The molecule has 0 saturated carbocycles. The zero-order valence-corrected chi connectivity index (χ0v) is 18.9. The Bertz CT molecular complexity index is 1010. The van der Waals surface area contributed by atoms with Crippen LogP contribution in [0.5, 0.6) is 0 Å². The van der Waals surface area contributed by atoms with E-state index in [1.165, 1.54) is 11.8 Å². The largest absolute Gasteiger partial charge is 0.490 e. The van der Waals surface area contributed by atoms with Crippen molar-refractivity contribution >= 4 is 29.8 Å². The Labute approximate surface area is 192 Å². The molecule has 0 amide bonds. The maximum atomic E-state index is 12.6. The highest BCUT2D eigenvalue weighted by Crippen LogP contribution is 2.27. The van der Waals surface area contributed by atoms with E-state index in [-0.39, 0.29) is 31.3 Å². The van der Waals surface area contributed by atoms with Gasteiger partial charge in [0.1, 0.15) is 31.0 Å². The lowest BCUT2D eigenvalue weighted by Gasteiger charge is -2.25. The number of thioether (sulfide) groups is 1. The van der Waals surface area contributed by atoms with Crippen molar-refractivity contribution < 1.29 is 14.3 Å². The molecule has 3 aliphatic rings. The number of nitrogens with two attached hydrogens (primary N) is 1. The topological polar surface area (TPSA) is 101 Å². The number of carbonyl (C=O) groups is 1. The van der Waals surface area contributed by atoms with E-state index in [0.717, 1.165) is 42.0 Å². The lowest BCUT2D eigenvalue weighted by atomic mass is 9.90. The van der Waals surface area contributed by atoms with Gasteiger partial charge < -0.3 is 20.1 Å². The summed E-state index contributed by atoms with van der Waals surface area (Å²) in [4.78, 5) is 19.7. The van der Waals surface area contributed by atoms with Crippen LogP contribution in [-0.2, 0) is 9.47 Å². The van der Waals surface area contributed by atoms with Crippen LogP contribution in [0.3, 0.4) is 0 Å². The van der Waals surface area contributed by atoms with Crippen LogP contribution >= 0.6 is 11.8 Å². The highest BCUT2D eigenvalue weighted by Gasteiger charge is 2.23. The Hall–Kier alpha value is -2.84. The molecular formula is C24H28N4O3S. The first-order valence-electron chi connectivity index (χ1n) is 10.8. The Kier molecular flexibility index (Phi) is 7.12. The lowest BCUT2D eigenvalue weighted by molar-refractivity contribution is 0.0402. The third kappa shape index (κ3) is 4.97. The predicted molar refractivity (Wildman–Crippen MR) is 127 cm³/mol. The highest BCUT2D eigenvalue weighted by molar-refractivity contribution is 7.98. The summed E-state index contributed by atoms with van der Waals surface area (Å²) in [5.41, 5.74) is 8.48. The van der Waals surface area contributed by atoms with Crippen molar-refractivity contribution in [2.45, 2.75) is 23.9 Å². The van der Waals surface area contributed by atoms with Crippen LogP contribution in [0.4, 0.5) is 0 Å². The molecule has 4 rings (SSSR count). The molecule has 1 aromatic rings. The molecule has 2 atom stereocenters. The molecule has 3 N–H and O–H groups in total. The molecule has 1 fully saturated rings. The maximum Gasteiger partial charge on any atom is 0.339 e. The Morgan fingerprint density at radius 3 is 2.88 bits per heavy atom. The van der Waals surface area contributed by atoms with Crippen molar-refractivity contribution in [3.05, 3.63) is 65.0 Å². The third-order valence-corrected chi connectivity index (χ3v) is 6.54. The van der Waals surface area contributed by atoms with Gasteiger partial charge in [0, 0.05) is 35.7 Å². The molecular weight excluding hydrogens is 424 g/mol. The highest BCUT2D eigenvalue weighted by atomic mass is 32.2. The summed E-state index contributed by atoms with van der Waals surface area (Å²) in [6.45, 7) is 2.22. The molecule has 0 bridgehead atoms. The number of aliphatic imine (C=N–C) groups is 1. The minimum absolute atomic E-state index is 0.00416. The summed E-state index contributed by atoms with van der Waals surface area (Å²) in [7, 11) is 0. The molecule has 0 spiro atoms. The summed E-state index contributed by atoms with van der Waals surface area (Å²) in [5.74, 6) is 0.829. The van der Waals surface area contributed by atoms with Crippen molar-refractivity contribution in [3.63, 3.8) is 0 Å². The first kappa shape index (κ1) is 22.4. The predicted octanol–water partition coefficient (Wildman–Crippen LogP) is 3.37. The van der Waals surface area contributed by atoms with Crippen molar-refractivity contribution in [2.75, 3.05) is 32.6 Å². The fourth-order valence-corrected chi connectivity index (χ4v) is 4.62. The molecule has 0 radical (unpaired) electrons. The number of carbonyl (C=O) groups excluding carboxylic acids is 1. The van der Waals surface area contributed by atoms with E-state index in [2.05, 4.69) is 9.89 Å². The molecule has 2 heterocycles. The third-order valence-electron chi connectivity index (χ3n) is 5.76. The van der Waals surface area contributed by atoms with Crippen molar-refractivity contribution in [1.29, 1.82) is 5.41 Å². The van der Waals surface area contributed by atoms with E-state index in [4.69, 9.17) is 20.6 Å². The minimum atomic E-state index is -0.390. The van der Waals surface area contributed by atoms with E-state index in [1.807, 2.05) is 42.7 Å².